The van der Waals surface area contributed by atoms with Crippen LogP contribution in [0.2, 0.25) is 0 Å². The highest BCUT2D eigenvalue weighted by Gasteiger charge is 2.13. The first kappa shape index (κ1) is 11.1. The molecule has 0 amide bonds. The molecule has 0 radical (unpaired) electrons. The van der Waals surface area contributed by atoms with Gasteiger partial charge in [-0.25, -0.2) is 0 Å². The summed E-state index contributed by atoms with van der Waals surface area (Å²) in [6.07, 6.45) is 1.61. The summed E-state index contributed by atoms with van der Waals surface area (Å²) >= 11 is 3.39. The summed E-state index contributed by atoms with van der Waals surface area (Å²) in [6.45, 7) is 1.55. The second kappa shape index (κ2) is 4.22. The molecule has 3 nitrogen and oxygen atoms in total. The van der Waals surface area contributed by atoms with Gasteiger partial charge in [-0.15, -0.1) is 0 Å². The van der Waals surface area contributed by atoms with Crippen molar-refractivity contribution in [3.05, 3.63) is 40.5 Å². The first-order valence-corrected chi connectivity index (χ1v) is 5.68. The average molecular weight is 279 g/mol. The van der Waals surface area contributed by atoms with Crippen molar-refractivity contribution < 1.29 is 4.79 Å². The number of aromatic nitrogens is 2. The van der Waals surface area contributed by atoms with E-state index in [1.54, 1.807) is 17.8 Å². The zero-order valence-electron chi connectivity index (χ0n) is 9.07. The highest BCUT2D eigenvalue weighted by molar-refractivity contribution is 9.10. The van der Waals surface area contributed by atoms with Gasteiger partial charge in [-0.05, 0) is 19.1 Å². The SMILES string of the molecule is CC(=O)c1cnn(C)c1-c1ccc(Br)cc1. The lowest BCUT2D eigenvalue weighted by Crippen LogP contribution is -1.98. The van der Waals surface area contributed by atoms with Gasteiger partial charge in [0.2, 0.25) is 0 Å². The summed E-state index contributed by atoms with van der Waals surface area (Å²) in [5.74, 6) is 0.0334. The van der Waals surface area contributed by atoms with Gasteiger partial charge in [0.15, 0.2) is 5.78 Å². The molecule has 0 saturated carbocycles. The lowest BCUT2D eigenvalue weighted by molar-refractivity contribution is 0.101. The van der Waals surface area contributed by atoms with Gasteiger partial charge in [-0.1, -0.05) is 28.1 Å². The molecule has 0 bridgehead atoms. The third kappa shape index (κ3) is 1.93. The van der Waals surface area contributed by atoms with Crippen molar-refractivity contribution in [3.8, 4) is 11.3 Å². The monoisotopic (exact) mass is 278 g/mol. The Bertz CT molecular complexity index is 528. The van der Waals surface area contributed by atoms with E-state index in [1.807, 2.05) is 31.3 Å². The summed E-state index contributed by atoms with van der Waals surface area (Å²) < 4.78 is 2.74. The van der Waals surface area contributed by atoms with E-state index in [0.29, 0.717) is 5.56 Å². The molecule has 0 N–H and O–H groups in total. The summed E-state index contributed by atoms with van der Waals surface area (Å²) in [6, 6.07) is 7.83. The number of carbonyl (C=O) groups is 1. The molecular formula is C12H11BrN2O. The zero-order chi connectivity index (χ0) is 11.7. The molecule has 1 heterocycles. The van der Waals surface area contributed by atoms with Crippen LogP contribution in [0.25, 0.3) is 11.3 Å². The fourth-order valence-electron chi connectivity index (χ4n) is 1.65. The summed E-state index contributed by atoms with van der Waals surface area (Å²) in [7, 11) is 1.84. The molecule has 0 unspecified atom stereocenters. The minimum atomic E-state index is 0.0334. The maximum absolute atomic E-state index is 11.5. The third-order valence-corrected chi connectivity index (χ3v) is 2.96. The summed E-state index contributed by atoms with van der Waals surface area (Å²) in [5.41, 5.74) is 2.51. The lowest BCUT2D eigenvalue weighted by Gasteiger charge is -2.04. The maximum atomic E-state index is 11.5. The number of ketones is 1. The van der Waals surface area contributed by atoms with Gasteiger partial charge in [0.05, 0.1) is 17.5 Å². The Morgan fingerprint density at radius 1 is 1.31 bits per heavy atom. The van der Waals surface area contributed by atoms with Gasteiger partial charge in [0.25, 0.3) is 0 Å². The maximum Gasteiger partial charge on any atom is 0.163 e. The topological polar surface area (TPSA) is 34.9 Å². The Morgan fingerprint density at radius 2 is 1.94 bits per heavy atom. The van der Waals surface area contributed by atoms with Crippen LogP contribution >= 0.6 is 15.9 Å². The molecule has 2 aromatic rings. The van der Waals surface area contributed by atoms with E-state index < -0.39 is 0 Å². The number of aryl methyl sites for hydroxylation is 1. The molecule has 1 aromatic carbocycles. The van der Waals surface area contributed by atoms with E-state index in [0.717, 1.165) is 15.7 Å². The molecule has 0 atom stereocenters. The molecule has 2 rings (SSSR count). The number of halogens is 1. The fourth-order valence-corrected chi connectivity index (χ4v) is 1.91. The van der Waals surface area contributed by atoms with Crippen LogP contribution in [0.5, 0.6) is 0 Å². The Kier molecular flexibility index (Phi) is 2.92. The second-order valence-electron chi connectivity index (χ2n) is 3.59. The van der Waals surface area contributed by atoms with Crippen molar-refractivity contribution >= 4 is 21.7 Å². The molecule has 0 fully saturated rings. The van der Waals surface area contributed by atoms with Crippen LogP contribution in [-0.4, -0.2) is 15.6 Å². The molecule has 0 aliphatic heterocycles. The van der Waals surface area contributed by atoms with Crippen LogP contribution in [0.1, 0.15) is 17.3 Å². The summed E-state index contributed by atoms with van der Waals surface area (Å²) in [5, 5.41) is 4.12. The molecule has 0 saturated heterocycles. The Morgan fingerprint density at radius 3 is 2.50 bits per heavy atom. The first-order valence-electron chi connectivity index (χ1n) is 4.88. The van der Waals surface area contributed by atoms with Crippen molar-refractivity contribution in [3.63, 3.8) is 0 Å². The largest absolute Gasteiger partial charge is 0.294 e. The van der Waals surface area contributed by atoms with E-state index in [2.05, 4.69) is 21.0 Å². The molecule has 82 valence electrons. The number of hydrogen-bond acceptors (Lipinski definition) is 2. The van der Waals surface area contributed by atoms with Gasteiger partial charge in [-0.2, -0.15) is 5.10 Å². The number of benzene rings is 1. The van der Waals surface area contributed by atoms with Crippen molar-refractivity contribution in [1.29, 1.82) is 0 Å². The van der Waals surface area contributed by atoms with Crippen LogP contribution < -0.4 is 0 Å². The quantitative estimate of drug-likeness (QED) is 0.792. The molecule has 4 heteroatoms. The van der Waals surface area contributed by atoms with E-state index >= 15 is 0 Å². The highest BCUT2D eigenvalue weighted by Crippen LogP contribution is 2.24. The van der Waals surface area contributed by atoms with Gasteiger partial charge in [0.1, 0.15) is 0 Å². The van der Waals surface area contributed by atoms with Crippen molar-refractivity contribution in [2.45, 2.75) is 6.92 Å². The van der Waals surface area contributed by atoms with Crippen LogP contribution in [0.3, 0.4) is 0 Å². The van der Waals surface area contributed by atoms with Crippen molar-refractivity contribution in [2.24, 2.45) is 7.05 Å². The normalized spacial score (nSPS) is 10.4. The average Bonchev–Trinajstić information content (AvgIpc) is 2.62. The standard InChI is InChI=1S/C12H11BrN2O/c1-8(16)11-7-14-15(2)12(11)9-3-5-10(13)6-4-9/h3-7H,1-2H3. The molecule has 0 spiro atoms. The van der Waals surface area contributed by atoms with Gasteiger partial charge in [-0.3, -0.25) is 9.48 Å². The molecule has 0 aliphatic carbocycles. The molecule has 1 aromatic heterocycles. The van der Waals surface area contributed by atoms with Crippen molar-refractivity contribution in [2.75, 3.05) is 0 Å². The van der Waals surface area contributed by atoms with E-state index in [1.165, 1.54) is 0 Å². The minimum Gasteiger partial charge on any atom is -0.294 e. The number of nitrogens with zero attached hydrogens (tertiary/aromatic N) is 2. The predicted octanol–water partition coefficient (Wildman–Crippen LogP) is 3.05. The number of Topliss-reactive ketones (excluding diaryl/α,β-unsaturated/α-hetero) is 1. The van der Waals surface area contributed by atoms with Crippen LogP contribution in [0.15, 0.2) is 34.9 Å². The van der Waals surface area contributed by atoms with E-state index in [-0.39, 0.29) is 5.78 Å². The number of carbonyl (C=O) groups excluding carboxylic acids is 1. The smallest absolute Gasteiger partial charge is 0.163 e. The van der Waals surface area contributed by atoms with E-state index in [9.17, 15) is 4.79 Å². The van der Waals surface area contributed by atoms with Gasteiger partial charge in [0, 0.05) is 17.1 Å². The Labute approximate surface area is 102 Å². The number of rotatable bonds is 2. The van der Waals surface area contributed by atoms with E-state index in [4.69, 9.17) is 0 Å². The molecule has 0 aliphatic rings. The fraction of sp³-hybridized carbons (Fsp3) is 0.167. The Balaban J connectivity index is 2.58. The highest BCUT2D eigenvalue weighted by atomic mass is 79.9. The molecule has 16 heavy (non-hydrogen) atoms. The van der Waals surface area contributed by atoms with Gasteiger partial charge >= 0.3 is 0 Å². The van der Waals surface area contributed by atoms with Crippen LogP contribution in [0, 0.1) is 0 Å². The summed E-state index contributed by atoms with van der Waals surface area (Å²) in [4.78, 5) is 11.5. The lowest BCUT2D eigenvalue weighted by atomic mass is 10.1. The van der Waals surface area contributed by atoms with Crippen LogP contribution in [-0.2, 0) is 7.05 Å². The van der Waals surface area contributed by atoms with Gasteiger partial charge < -0.3 is 0 Å². The molecular weight excluding hydrogens is 268 g/mol. The first-order chi connectivity index (χ1) is 7.59. The minimum absolute atomic E-state index is 0.0334. The third-order valence-electron chi connectivity index (χ3n) is 2.44. The van der Waals surface area contributed by atoms with Crippen LogP contribution in [0.4, 0.5) is 0 Å². The predicted molar refractivity (Wildman–Crippen MR) is 66.3 cm³/mol. The number of hydrogen-bond donors (Lipinski definition) is 0. The Hall–Kier alpha value is -1.42. The second-order valence-corrected chi connectivity index (χ2v) is 4.51. The zero-order valence-corrected chi connectivity index (χ0v) is 10.7. The van der Waals surface area contributed by atoms with Crippen molar-refractivity contribution in [1.82, 2.24) is 9.78 Å².